The van der Waals surface area contributed by atoms with Gasteiger partial charge in [-0.15, -0.1) is 0 Å². The lowest BCUT2D eigenvalue weighted by Gasteiger charge is -2.47. The standard InChI is InChI=1S/C35H57NO8/c1-10-26(32-22(6)19-35(12-3,44-32)27-17-18-34(40,11-2)24(8)43-27)29(36-41)23(7)30(37)20(4)13-15-25-16-14-21(5)31(38)28(25)33(39)42-9/h14,16,20,22-24,26-27,30,32,37-38,40-41H,10-13,15,17-19H2,1-9H3. The average Bonchev–Trinajstić information content (AvgIpc) is 3.37. The van der Waals surface area contributed by atoms with Gasteiger partial charge in [-0.25, -0.2) is 4.79 Å². The van der Waals surface area contributed by atoms with Gasteiger partial charge in [0.1, 0.15) is 11.3 Å². The van der Waals surface area contributed by atoms with E-state index >= 15 is 0 Å². The zero-order valence-electron chi connectivity index (χ0n) is 28.3. The van der Waals surface area contributed by atoms with Crippen LogP contribution in [0.15, 0.2) is 17.3 Å². The molecule has 0 aliphatic carbocycles. The molecule has 10 unspecified atom stereocenters. The molecule has 0 radical (unpaired) electrons. The first-order valence-corrected chi connectivity index (χ1v) is 16.6. The summed E-state index contributed by atoms with van der Waals surface area (Å²) in [6.45, 7) is 15.9. The predicted octanol–water partition coefficient (Wildman–Crippen LogP) is 6.19. The van der Waals surface area contributed by atoms with Crippen LogP contribution >= 0.6 is 0 Å². The Morgan fingerprint density at radius 3 is 2.41 bits per heavy atom. The van der Waals surface area contributed by atoms with E-state index in [1.54, 1.807) is 13.0 Å². The Morgan fingerprint density at radius 1 is 1.18 bits per heavy atom. The summed E-state index contributed by atoms with van der Waals surface area (Å²) in [7, 11) is 1.29. The van der Waals surface area contributed by atoms with E-state index in [1.165, 1.54) is 7.11 Å². The molecule has 2 heterocycles. The van der Waals surface area contributed by atoms with Gasteiger partial charge in [0.2, 0.25) is 0 Å². The van der Waals surface area contributed by atoms with E-state index in [-0.39, 0.29) is 47.4 Å². The molecule has 2 fully saturated rings. The number of oxime groups is 1. The molecule has 2 aliphatic heterocycles. The lowest BCUT2D eigenvalue weighted by atomic mass is 9.75. The van der Waals surface area contributed by atoms with Crippen LogP contribution in [0.25, 0.3) is 0 Å². The van der Waals surface area contributed by atoms with Crippen molar-refractivity contribution in [3.05, 3.63) is 28.8 Å². The molecule has 250 valence electrons. The van der Waals surface area contributed by atoms with Gasteiger partial charge in [0.25, 0.3) is 0 Å². The van der Waals surface area contributed by atoms with Crippen LogP contribution in [-0.2, 0) is 20.6 Å². The number of phenols is 1. The summed E-state index contributed by atoms with van der Waals surface area (Å²) in [4.78, 5) is 12.4. The molecule has 0 spiro atoms. The van der Waals surface area contributed by atoms with E-state index in [0.29, 0.717) is 48.9 Å². The van der Waals surface area contributed by atoms with Gasteiger partial charge in [-0.2, -0.15) is 0 Å². The Labute approximate surface area is 264 Å². The van der Waals surface area contributed by atoms with Crippen molar-refractivity contribution in [2.24, 2.45) is 28.8 Å². The second-order valence-electron chi connectivity index (χ2n) is 13.5. The van der Waals surface area contributed by atoms with Gasteiger partial charge in [-0.3, -0.25) is 0 Å². The maximum atomic E-state index is 12.4. The number of aryl methyl sites for hydroxylation is 2. The van der Waals surface area contributed by atoms with E-state index in [9.17, 15) is 25.3 Å². The number of hydrogen-bond donors (Lipinski definition) is 4. The van der Waals surface area contributed by atoms with Crippen molar-refractivity contribution < 1.29 is 39.5 Å². The fourth-order valence-electron chi connectivity index (χ4n) is 7.72. The number of aliphatic hydroxyl groups excluding tert-OH is 1. The molecule has 1 aromatic rings. The molecule has 1 aromatic carbocycles. The Balaban J connectivity index is 1.74. The van der Waals surface area contributed by atoms with Crippen LogP contribution in [0, 0.1) is 30.6 Å². The van der Waals surface area contributed by atoms with Crippen LogP contribution < -0.4 is 0 Å². The van der Waals surface area contributed by atoms with E-state index in [2.05, 4.69) is 25.9 Å². The molecule has 0 aromatic heterocycles. The average molecular weight is 620 g/mol. The Kier molecular flexibility index (Phi) is 12.3. The number of esters is 1. The summed E-state index contributed by atoms with van der Waals surface area (Å²) in [5.41, 5.74) is 0.627. The van der Waals surface area contributed by atoms with Crippen LogP contribution in [-0.4, -0.2) is 74.9 Å². The number of hydrogen-bond acceptors (Lipinski definition) is 9. The first-order chi connectivity index (χ1) is 20.7. The molecule has 2 aliphatic rings. The molecule has 3 rings (SSSR count). The lowest BCUT2D eigenvalue weighted by Crippen LogP contribution is -2.55. The maximum Gasteiger partial charge on any atom is 0.341 e. The molecule has 9 heteroatoms. The number of aliphatic hydroxyl groups is 2. The lowest BCUT2D eigenvalue weighted by molar-refractivity contribution is -0.228. The number of carbonyl (C=O) groups is 1. The minimum absolute atomic E-state index is 0.0839. The fraction of sp³-hybridized carbons (Fsp3) is 0.771. The molecule has 0 bridgehead atoms. The Bertz CT molecular complexity index is 1160. The van der Waals surface area contributed by atoms with Crippen molar-refractivity contribution in [2.45, 2.75) is 142 Å². The molecule has 10 atom stereocenters. The van der Waals surface area contributed by atoms with Gasteiger partial charge in [-0.05, 0) is 88.2 Å². The molecular formula is C35H57NO8. The second kappa shape index (κ2) is 14.9. The van der Waals surface area contributed by atoms with Gasteiger partial charge in [0, 0.05) is 11.8 Å². The van der Waals surface area contributed by atoms with Gasteiger partial charge >= 0.3 is 5.97 Å². The van der Waals surface area contributed by atoms with Crippen molar-refractivity contribution >= 4 is 11.7 Å². The molecule has 0 saturated carbocycles. The monoisotopic (exact) mass is 619 g/mol. The number of aromatic hydroxyl groups is 1. The molecular weight excluding hydrogens is 562 g/mol. The first kappa shape index (κ1) is 36.3. The number of benzene rings is 1. The summed E-state index contributed by atoms with van der Waals surface area (Å²) in [5.74, 6) is -1.33. The minimum Gasteiger partial charge on any atom is -0.507 e. The third-order valence-corrected chi connectivity index (χ3v) is 11.0. The quantitative estimate of drug-likeness (QED) is 0.0887. The van der Waals surface area contributed by atoms with Gasteiger partial charge in [-0.1, -0.05) is 58.8 Å². The summed E-state index contributed by atoms with van der Waals surface area (Å²) in [6, 6.07) is 3.58. The van der Waals surface area contributed by atoms with Crippen LogP contribution in [0.1, 0.15) is 115 Å². The smallest absolute Gasteiger partial charge is 0.341 e. The molecule has 44 heavy (non-hydrogen) atoms. The summed E-state index contributed by atoms with van der Waals surface area (Å²) < 4.78 is 18.3. The zero-order valence-corrected chi connectivity index (χ0v) is 28.3. The van der Waals surface area contributed by atoms with Crippen LogP contribution in [0.4, 0.5) is 0 Å². The van der Waals surface area contributed by atoms with Crippen molar-refractivity contribution in [2.75, 3.05) is 7.11 Å². The summed E-state index contributed by atoms with van der Waals surface area (Å²) in [6.07, 6.45) is 3.88. The van der Waals surface area contributed by atoms with Gasteiger partial charge < -0.3 is 34.7 Å². The number of phenolic OH excluding ortho intramolecular Hbond substituents is 1. The highest BCUT2D eigenvalue weighted by atomic mass is 16.6. The third kappa shape index (κ3) is 7.11. The van der Waals surface area contributed by atoms with Gasteiger partial charge in [0.15, 0.2) is 0 Å². The maximum absolute atomic E-state index is 12.4. The number of methoxy groups -OCH3 is 1. The van der Waals surface area contributed by atoms with Crippen molar-refractivity contribution in [3.63, 3.8) is 0 Å². The Morgan fingerprint density at radius 2 is 1.86 bits per heavy atom. The third-order valence-electron chi connectivity index (χ3n) is 11.0. The molecule has 2 saturated heterocycles. The topological polar surface area (TPSA) is 138 Å². The van der Waals surface area contributed by atoms with E-state index in [4.69, 9.17) is 14.2 Å². The summed E-state index contributed by atoms with van der Waals surface area (Å²) in [5, 5.41) is 47.1. The van der Waals surface area contributed by atoms with Crippen molar-refractivity contribution in [3.8, 4) is 5.75 Å². The number of rotatable bonds is 13. The van der Waals surface area contributed by atoms with Crippen molar-refractivity contribution in [1.29, 1.82) is 0 Å². The molecule has 9 nitrogen and oxygen atoms in total. The number of ether oxygens (including phenoxy) is 3. The highest BCUT2D eigenvalue weighted by molar-refractivity contribution is 5.94. The largest absolute Gasteiger partial charge is 0.507 e. The minimum atomic E-state index is -0.819. The molecule has 0 amide bonds. The number of nitrogens with zero attached hydrogens (tertiary/aromatic N) is 1. The highest BCUT2D eigenvalue weighted by Crippen LogP contribution is 2.48. The first-order valence-electron chi connectivity index (χ1n) is 16.6. The summed E-state index contributed by atoms with van der Waals surface area (Å²) >= 11 is 0. The van der Waals surface area contributed by atoms with Crippen LogP contribution in [0.5, 0.6) is 5.75 Å². The predicted molar refractivity (Wildman–Crippen MR) is 170 cm³/mol. The molecule has 4 N–H and O–H groups in total. The second-order valence-corrected chi connectivity index (χ2v) is 13.5. The van der Waals surface area contributed by atoms with E-state index in [0.717, 1.165) is 19.3 Å². The van der Waals surface area contributed by atoms with E-state index < -0.39 is 29.2 Å². The number of carbonyl (C=O) groups excluding carboxylic acids is 1. The normalized spacial score (nSPS) is 32.2. The zero-order chi connectivity index (χ0) is 33.0. The van der Waals surface area contributed by atoms with E-state index in [1.807, 2.05) is 33.8 Å². The van der Waals surface area contributed by atoms with Crippen molar-refractivity contribution in [1.82, 2.24) is 0 Å². The van der Waals surface area contributed by atoms with Crippen LogP contribution in [0.3, 0.4) is 0 Å². The Hall–Kier alpha value is -2.20. The fourth-order valence-corrected chi connectivity index (χ4v) is 7.72. The highest BCUT2D eigenvalue weighted by Gasteiger charge is 2.55. The van der Waals surface area contributed by atoms with Crippen LogP contribution in [0.2, 0.25) is 0 Å². The SMILES string of the molecule is CCC(C(=NO)C(C)C(O)C(C)CCc1ccc(C)c(O)c1C(=O)OC)C1OC(CC)(C2CCC(O)(CC)C(C)O2)CC1C. The van der Waals surface area contributed by atoms with Gasteiger partial charge in [0.05, 0.1) is 48.4 Å².